The molecular formula is C27H29N5O6S. The van der Waals surface area contributed by atoms with Gasteiger partial charge in [-0.15, -0.1) is 0 Å². The molecule has 2 aromatic heterocycles. The van der Waals surface area contributed by atoms with E-state index in [4.69, 9.17) is 9.47 Å². The Morgan fingerprint density at radius 1 is 1.13 bits per heavy atom. The van der Waals surface area contributed by atoms with Gasteiger partial charge in [0.05, 0.1) is 30.1 Å². The number of H-pyrrole nitrogens is 1. The summed E-state index contributed by atoms with van der Waals surface area (Å²) in [6.07, 6.45) is 0.794. The largest absolute Gasteiger partial charge is 0.496 e. The second-order valence-corrected chi connectivity index (χ2v) is 11.2. The fourth-order valence-electron chi connectivity index (χ4n) is 4.85. The van der Waals surface area contributed by atoms with E-state index >= 15 is 0 Å². The zero-order chi connectivity index (χ0) is 27.7. The number of methoxy groups -OCH3 is 1. The third-order valence-corrected chi connectivity index (χ3v) is 8.78. The predicted octanol–water partition coefficient (Wildman–Crippen LogP) is 2.96. The number of hydrogen-bond donors (Lipinski definition) is 1. The van der Waals surface area contributed by atoms with E-state index in [1.165, 1.54) is 23.5 Å². The monoisotopic (exact) mass is 551 g/mol. The van der Waals surface area contributed by atoms with Crippen molar-refractivity contribution in [3.05, 3.63) is 58.9 Å². The number of nitrogens with one attached hydrogen (secondary N) is 1. The van der Waals surface area contributed by atoms with Crippen molar-refractivity contribution in [3.8, 4) is 28.4 Å². The number of benzene rings is 2. The highest BCUT2D eigenvalue weighted by Gasteiger charge is 2.33. The molecule has 0 atom stereocenters. The van der Waals surface area contributed by atoms with Crippen molar-refractivity contribution >= 4 is 27.0 Å². The van der Waals surface area contributed by atoms with Crippen LogP contribution in [0.3, 0.4) is 0 Å². The highest BCUT2D eigenvalue weighted by atomic mass is 32.2. The topological polar surface area (TPSA) is 136 Å². The number of rotatable bonds is 7. The number of piperidine rings is 1. The first kappa shape index (κ1) is 26.6. The molecule has 1 saturated heterocycles. The van der Waals surface area contributed by atoms with Gasteiger partial charge in [0.25, 0.3) is 5.56 Å². The average molecular weight is 552 g/mol. The number of sulfonamides is 1. The van der Waals surface area contributed by atoms with Gasteiger partial charge in [0.1, 0.15) is 22.7 Å². The number of hydrogen-bond acceptors (Lipinski definition) is 8. The first-order valence-electron chi connectivity index (χ1n) is 12.6. The fourth-order valence-corrected chi connectivity index (χ4v) is 6.34. The molecule has 0 spiro atoms. The molecule has 12 heteroatoms. The summed E-state index contributed by atoms with van der Waals surface area (Å²) in [6.45, 7) is 2.47. The van der Waals surface area contributed by atoms with Gasteiger partial charge in [0, 0.05) is 31.8 Å². The maximum absolute atomic E-state index is 13.4. The molecule has 11 nitrogen and oxygen atoms in total. The first-order chi connectivity index (χ1) is 18.7. The Hall–Kier alpha value is -4.03. The number of aryl methyl sites for hydroxylation is 1. The van der Waals surface area contributed by atoms with E-state index in [2.05, 4.69) is 15.1 Å². The molecule has 2 aromatic carbocycles. The molecule has 1 N–H and O–H groups in total. The molecule has 0 aliphatic carbocycles. The Balaban J connectivity index is 1.47. The van der Waals surface area contributed by atoms with Crippen molar-refractivity contribution in [1.82, 2.24) is 24.1 Å². The quantitative estimate of drug-likeness (QED) is 0.346. The van der Waals surface area contributed by atoms with Crippen LogP contribution in [0.1, 0.15) is 19.8 Å². The zero-order valence-electron chi connectivity index (χ0n) is 21.9. The van der Waals surface area contributed by atoms with Crippen molar-refractivity contribution in [3.63, 3.8) is 0 Å². The standard InChI is InChI=1S/C27H29N5O6S/c1-4-38-27(34)18-12-14-32(15-13-18)39(35,36)19-10-11-20(21(16-19)37-3)24-28-25-22(26(33)29-24)23(30-31(25)2)17-8-6-5-7-9-17/h5-11,16,18H,4,12-15H2,1-3H3,(H,28,29,33). The second kappa shape index (κ2) is 10.6. The summed E-state index contributed by atoms with van der Waals surface area (Å²) in [4.78, 5) is 32.7. The summed E-state index contributed by atoms with van der Waals surface area (Å²) in [5.41, 5.74) is 1.76. The van der Waals surface area contributed by atoms with Gasteiger partial charge in [-0.1, -0.05) is 30.3 Å². The molecule has 1 fully saturated rings. The Morgan fingerprint density at radius 3 is 2.51 bits per heavy atom. The molecular weight excluding hydrogens is 522 g/mol. The molecule has 0 radical (unpaired) electrons. The molecule has 5 rings (SSSR count). The van der Waals surface area contributed by atoms with Crippen LogP contribution in [-0.2, 0) is 26.6 Å². The van der Waals surface area contributed by atoms with E-state index < -0.39 is 10.0 Å². The first-order valence-corrected chi connectivity index (χ1v) is 14.1. The lowest BCUT2D eigenvalue weighted by molar-refractivity contribution is -0.149. The van der Waals surface area contributed by atoms with Gasteiger partial charge < -0.3 is 14.5 Å². The summed E-state index contributed by atoms with van der Waals surface area (Å²) in [6, 6.07) is 13.8. The number of ether oxygens (including phenoxy) is 2. The molecule has 1 aliphatic rings. The highest BCUT2D eigenvalue weighted by molar-refractivity contribution is 7.89. The van der Waals surface area contributed by atoms with Crippen LogP contribution in [0.5, 0.6) is 5.75 Å². The summed E-state index contributed by atoms with van der Waals surface area (Å²) < 4.78 is 40.3. The van der Waals surface area contributed by atoms with Gasteiger partial charge in [-0.3, -0.25) is 9.59 Å². The lowest BCUT2D eigenvalue weighted by atomic mass is 9.98. The minimum atomic E-state index is -3.84. The van der Waals surface area contributed by atoms with Gasteiger partial charge in [-0.05, 0) is 31.9 Å². The Morgan fingerprint density at radius 2 is 1.85 bits per heavy atom. The van der Waals surface area contributed by atoms with Gasteiger partial charge in [-0.2, -0.15) is 9.40 Å². The van der Waals surface area contributed by atoms with Crippen LogP contribution in [0, 0.1) is 5.92 Å². The normalized spacial score (nSPS) is 14.9. The van der Waals surface area contributed by atoms with Crippen LogP contribution in [0.25, 0.3) is 33.7 Å². The average Bonchev–Trinajstić information content (AvgIpc) is 3.30. The van der Waals surface area contributed by atoms with Crippen molar-refractivity contribution in [2.24, 2.45) is 13.0 Å². The van der Waals surface area contributed by atoms with Gasteiger partial charge in [0.2, 0.25) is 10.0 Å². The maximum atomic E-state index is 13.4. The number of carbonyl (C=O) groups excluding carboxylic acids is 1. The van der Waals surface area contributed by atoms with E-state index in [-0.39, 0.29) is 47.0 Å². The number of aromatic amines is 1. The molecule has 0 unspecified atom stereocenters. The SMILES string of the molecule is CCOC(=O)C1CCN(S(=O)(=O)c2ccc(-c3nc4c(c(-c5ccccc5)nn4C)c(=O)[nH]3)c(OC)c2)CC1. The number of nitrogens with zero attached hydrogens (tertiary/aromatic N) is 4. The third kappa shape index (κ3) is 4.92. The molecule has 4 aromatic rings. The Labute approximate surface area is 225 Å². The molecule has 39 heavy (non-hydrogen) atoms. The van der Waals surface area contributed by atoms with Crippen LogP contribution in [0.15, 0.2) is 58.2 Å². The fraction of sp³-hybridized carbons (Fsp3) is 0.333. The van der Waals surface area contributed by atoms with Crippen LogP contribution in [0.2, 0.25) is 0 Å². The Kier molecular flexibility index (Phi) is 7.23. The van der Waals surface area contributed by atoms with E-state index in [1.54, 1.807) is 24.7 Å². The maximum Gasteiger partial charge on any atom is 0.309 e. The minimum Gasteiger partial charge on any atom is -0.496 e. The van der Waals surface area contributed by atoms with E-state index in [1.807, 2.05) is 30.3 Å². The minimum absolute atomic E-state index is 0.0491. The van der Waals surface area contributed by atoms with E-state index in [9.17, 15) is 18.0 Å². The summed E-state index contributed by atoms with van der Waals surface area (Å²) in [7, 11) is -0.701. The van der Waals surface area contributed by atoms with Gasteiger partial charge in [-0.25, -0.2) is 18.1 Å². The molecule has 1 aliphatic heterocycles. The molecule has 0 bridgehead atoms. The number of aromatic nitrogens is 4. The van der Waals surface area contributed by atoms with Crippen LogP contribution >= 0.6 is 0 Å². The number of esters is 1. The van der Waals surface area contributed by atoms with E-state index in [0.29, 0.717) is 41.7 Å². The smallest absolute Gasteiger partial charge is 0.309 e. The Bertz CT molecular complexity index is 1690. The summed E-state index contributed by atoms with van der Waals surface area (Å²) in [5.74, 6) is -0.125. The summed E-state index contributed by atoms with van der Waals surface area (Å²) in [5, 5.41) is 4.87. The van der Waals surface area contributed by atoms with Crippen molar-refractivity contribution in [2.45, 2.75) is 24.7 Å². The lowest BCUT2D eigenvalue weighted by Crippen LogP contribution is -2.40. The van der Waals surface area contributed by atoms with Crippen LogP contribution in [-0.4, -0.2) is 65.2 Å². The van der Waals surface area contributed by atoms with Crippen molar-refractivity contribution in [2.75, 3.05) is 26.8 Å². The molecule has 0 saturated carbocycles. The van der Waals surface area contributed by atoms with Crippen LogP contribution < -0.4 is 10.3 Å². The van der Waals surface area contributed by atoms with Gasteiger partial charge >= 0.3 is 5.97 Å². The molecule has 0 amide bonds. The highest BCUT2D eigenvalue weighted by Crippen LogP contribution is 2.33. The molecule has 3 heterocycles. The summed E-state index contributed by atoms with van der Waals surface area (Å²) >= 11 is 0. The molecule has 204 valence electrons. The lowest BCUT2D eigenvalue weighted by Gasteiger charge is -2.30. The van der Waals surface area contributed by atoms with E-state index in [0.717, 1.165) is 5.56 Å². The van der Waals surface area contributed by atoms with Crippen LogP contribution in [0.4, 0.5) is 0 Å². The second-order valence-electron chi connectivity index (χ2n) is 9.24. The van der Waals surface area contributed by atoms with Crippen molar-refractivity contribution < 1.29 is 22.7 Å². The number of carbonyl (C=O) groups is 1. The number of fused-ring (bicyclic) bond motifs is 1. The third-order valence-electron chi connectivity index (χ3n) is 6.88. The van der Waals surface area contributed by atoms with Gasteiger partial charge in [0.15, 0.2) is 5.65 Å². The van der Waals surface area contributed by atoms with Crippen molar-refractivity contribution in [1.29, 1.82) is 0 Å². The zero-order valence-corrected chi connectivity index (χ0v) is 22.7. The predicted molar refractivity (Wildman–Crippen MR) is 145 cm³/mol.